The van der Waals surface area contributed by atoms with Gasteiger partial charge in [0.15, 0.2) is 0 Å². The fourth-order valence-electron chi connectivity index (χ4n) is 3.92. The molecule has 0 unspecified atom stereocenters. The number of benzene rings is 4. The molecule has 0 aromatic heterocycles. The van der Waals surface area contributed by atoms with E-state index < -0.39 is 8.07 Å². The van der Waals surface area contributed by atoms with E-state index in [2.05, 4.69) is 73.0 Å². The van der Waals surface area contributed by atoms with Gasteiger partial charge in [0.25, 0.3) is 0 Å². The minimum atomic E-state index is -1.58. The van der Waals surface area contributed by atoms with Gasteiger partial charge in [-0.15, -0.1) is 0 Å². The van der Waals surface area contributed by atoms with Crippen LogP contribution in [0.5, 0.6) is 0 Å². The van der Waals surface area contributed by atoms with Crippen LogP contribution in [-0.2, 0) is 0 Å². The zero-order chi connectivity index (χ0) is 16.7. The summed E-state index contributed by atoms with van der Waals surface area (Å²) < 4.78 is 0. The molecule has 24 heavy (non-hydrogen) atoms. The van der Waals surface area contributed by atoms with Crippen LogP contribution in [0.2, 0.25) is 13.1 Å². The second kappa shape index (κ2) is 5.85. The first-order valence-corrected chi connectivity index (χ1v) is 11.9. The molecular weight excluding hydrogens is 308 g/mol. The average molecular weight is 333 g/mol. The van der Waals surface area contributed by atoms with Gasteiger partial charge in [0, 0.05) is 13.1 Å². The van der Waals surface area contributed by atoms with Gasteiger partial charge < -0.3 is 11.1 Å². The monoisotopic (exact) mass is 332 g/mol. The third kappa shape index (κ3) is 2.40. The van der Waals surface area contributed by atoms with E-state index in [-0.39, 0.29) is 0 Å². The molecule has 0 fully saturated rings. The molecule has 0 saturated heterocycles. The minimum Gasteiger partial charge on any atom is -0.329 e. The van der Waals surface area contributed by atoms with Crippen molar-refractivity contribution >= 4 is 45.6 Å². The lowest BCUT2D eigenvalue weighted by Gasteiger charge is -2.26. The van der Waals surface area contributed by atoms with Crippen molar-refractivity contribution < 1.29 is 0 Å². The second-order valence-corrected chi connectivity index (χ2v) is 12.0. The molecule has 0 aliphatic rings. The van der Waals surface area contributed by atoms with E-state index in [1.54, 1.807) is 0 Å². The van der Waals surface area contributed by atoms with Crippen LogP contribution in [0, 0.1) is 0 Å². The number of nitrogens with one attached hydrogen (secondary N) is 1. The van der Waals surface area contributed by atoms with E-state index in [0.717, 1.165) is 12.7 Å². The van der Waals surface area contributed by atoms with Gasteiger partial charge in [0.05, 0.1) is 8.07 Å². The maximum atomic E-state index is 5.64. The van der Waals surface area contributed by atoms with Gasteiger partial charge in [-0.2, -0.15) is 0 Å². The smallest absolute Gasteiger partial charge is 0.0953 e. The molecule has 4 rings (SSSR count). The van der Waals surface area contributed by atoms with Crippen LogP contribution in [0.1, 0.15) is 0 Å². The lowest BCUT2D eigenvalue weighted by atomic mass is 9.94. The van der Waals surface area contributed by atoms with E-state index in [4.69, 9.17) is 5.73 Å². The fraction of sp³-hybridized carbons (Fsp3) is 0.238. The highest BCUT2D eigenvalue weighted by Crippen LogP contribution is 2.34. The molecule has 4 aromatic rings. The van der Waals surface area contributed by atoms with Gasteiger partial charge in [-0.3, -0.25) is 0 Å². The van der Waals surface area contributed by atoms with Crippen molar-refractivity contribution in [2.45, 2.75) is 13.1 Å². The summed E-state index contributed by atoms with van der Waals surface area (Å²) in [5, 5.41) is 13.4. The Bertz CT molecular complexity index is 991. The van der Waals surface area contributed by atoms with E-state index in [1.807, 2.05) is 0 Å². The van der Waals surface area contributed by atoms with Crippen molar-refractivity contribution in [3.8, 4) is 0 Å². The molecule has 0 aliphatic carbocycles. The summed E-state index contributed by atoms with van der Waals surface area (Å²) in [6.45, 7) is 6.48. The summed E-state index contributed by atoms with van der Waals surface area (Å²) >= 11 is 0. The summed E-state index contributed by atoms with van der Waals surface area (Å²) in [7, 11) is -1.58. The second-order valence-electron chi connectivity index (χ2n) is 7.32. The summed E-state index contributed by atoms with van der Waals surface area (Å²) in [5.74, 6) is 0. The molecule has 0 spiro atoms. The summed E-state index contributed by atoms with van der Waals surface area (Å²) in [4.78, 5) is 0. The zero-order valence-electron chi connectivity index (χ0n) is 14.4. The summed E-state index contributed by atoms with van der Waals surface area (Å²) in [6.07, 6.45) is 1.06. The van der Waals surface area contributed by atoms with Crippen molar-refractivity contribution in [1.29, 1.82) is 0 Å². The van der Waals surface area contributed by atoms with Gasteiger partial charge in [0.1, 0.15) is 0 Å². The zero-order valence-corrected chi connectivity index (χ0v) is 15.4. The third-order valence-electron chi connectivity index (χ3n) is 5.15. The van der Waals surface area contributed by atoms with Crippen LogP contribution < -0.4 is 16.2 Å². The molecule has 0 atom stereocenters. The number of nitrogens with two attached hydrogens (primary N) is 1. The Kier molecular flexibility index (Phi) is 3.80. The summed E-state index contributed by atoms with van der Waals surface area (Å²) in [6, 6.07) is 20.4. The van der Waals surface area contributed by atoms with Crippen LogP contribution in [0.25, 0.3) is 32.3 Å². The van der Waals surface area contributed by atoms with E-state index in [1.165, 1.54) is 37.5 Å². The van der Waals surface area contributed by atoms with Crippen molar-refractivity contribution in [2.24, 2.45) is 5.73 Å². The van der Waals surface area contributed by atoms with E-state index in [0.29, 0.717) is 6.54 Å². The van der Waals surface area contributed by atoms with Gasteiger partial charge in [0.2, 0.25) is 0 Å². The van der Waals surface area contributed by atoms with Gasteiger partial charge in [-0.1, -0.05) is 72.9 Å². The first kappa shape index (κ1) is 15.6. The van der Waals surface area contributed by atoms with Gasteiger partial charge in [-0.25, -0.2) is 0 Å². The molecule has 0 amide bonds. The normalized spacial score (nSPS) is 12.6. The van der Waals surface area contributed by atoms with Crippen LogP contribution in [0.3, 0.4) is 0 Å². The molecule has 0 bridgehead atoms. The van der Waals surface area contributed by atoms with Crippen molar-refractivity contribution in [3.63, 3.8) is 0 Å². The Balaban J connectivity index is 1.97. The SMILES string of the molecule is C[Si](C)(CNCCN)c1ccc2ccc3cccc4ccc1c2c34. The topological polar surface area (TPSA) is 38.0 Å². The highest BCUT2D eigenvalue weighted by molar-refractivity contribution is 6.91. The molecule has 2 nitrogen and oxygen atoms in total. The van der Waals surface area contributed by atoms with Crippen molar-refractivity contribution in [2.75, 3.05) is 19.3 Å². The molecule has 0 saturated carbocycles. The molecule has 122 valence electrons. The third-order valence-corrected chi connectivity index (χ3v) is 8.17. The lowest BCUT2D eigenvalue weighted by molar-refractivity contribution is 0.770. The molecule has 0 heterocycles. The molecule has 0 aliphatic heterocycles. The highest BCUT2D eigenvalue weighted by Gasteiger charge is 2.26. The fourth-order valence-corrected chi connectivity index (χ4v) is 6.39. The van der Waals surface area contributed by atoms with Crippen LogP contribution in [-0.4, -0.2) is 27.3 Å². The van der Waals surface area contributed by atoms with Crippen molar-refractivity contribution in [3.05, 3.63) is 54.6 Å². The molecular formula is C21H24N2Si. The highest BCUT2D eigenvalue weighted by atomic mass is 28.3. The Morgan fingerprint density at radius 1 is 0.833 bits per heavy atom. The van der Waals surface area contributed by atoms with Crippen LogP contribution >= 0.6 is 0 Å². The maximum Gasteiger partial charge on any atom is 0.0953 e. The minimum absolute atomic E-state index is 0.697. The number of hydrogen-bond acceptors (Lipinski definition) is 2. The first-order valence-electron chi connectivity index (χ1n) is 8.69. The maximum absolute atomic E-state index is 5.64. The lowest BCUT2D eigenvalue weighted by Crippen LogP contribution is -2.51. The van der Waals surface area contributed by atoms with Gasteiger partial charge in [-0.05, 0) is 38.5 Å². The summed E-state index contributed by atoms with van der Waals surface area (Å²) in [5.41, 5.74) is 5.64. The Labute approximate surface area is 144 Å². The number of hydrogen-bond donors (Lipinski definition) is 2. The van der Waals surface area contributed by atoms with Crippen LogP contribution in [0.15, 0.2) is 54.6 Å². The Morgan fingerprint density at radius 2 is 1.46 bits per heavy atom. The number of rotatable bonds is 5. The molecule has 0 radical (unpaired) electrons. The average Bonchev–Trinajstić information content (AvgIpc) is 2.59. The van der Waals surface area contributed by atoms with E-state index >= 15 is 0 Å². The molecule has 3 N–H and O–H groups in total. The largest absolute Gasteiger partial charge is 0.329 e. The molecule has 4 aromatic carbocycles. The Hall–Kier alpha value is -1.94. The van der Waals surface area contributed by atoms with E-state index in [9.17, 15) is 0 Å². The predicted molar refractivity (Wildman–Crippen MR) is 109 cm³/mol. The van der Waals surface area contributed by atoms with Crippen LogP contribution in [0.4, 0.5) is 0 Å². The standard InChI is InChI=1S/C21H24N2Si/c1-24(2,14-23-13-12-22)19-11-9-17-7-6-15-4-3-5-16-8-10-18(19)21(17)20(15)16/h3-11,23H,12-14,22H2,1-2H3. The predicted octanol–water partition coefficient (Wildman–Crippen LogP) is 3.59. The quantitative estimate of drug-likeness (QED) is 0.333. The first-order chi connectivity index (χ1) is 11.6. The molecule has 3 heteroatoms. The Morgan fingerprint density at radius 3 is 2.17 bits per heavy atom. The van der Waals surface area contributed by atoms with Crippen molar-refractivity contribution in [1.82, 2.24) is 5.32 Å². The van der Waals surface area contributed by atoms with Gasteiger partial charge >= 0.3 is 0 Å².